The molecule has 1 amide bonds. The van der Waals surface area contributed by atoms with Crippen LogP contribution in [0.15, 0.2) is 36.5 Å². The van der Waals surface area contributed by atoms with Crippen LogP contribution < -0.4 is 10.2 Å². The number of benzene rings is 1. The molecule has 5 heteroatoms. The molecule has 0 saturated carbocycles. The van der Waals surface area contributed by atoms with Gasteiger partial charge in [0.1, 0.15) is 11.5 Å². The highest BCUT2D eigenvalue weighted by atomic mass is 16.1. The largest absolute Gasteiger partial charge is 0.372 e. The summed E-state index contributed by atoms with van der Waals surface area (Å²) in [6, 6.07) is 9.67. The van der Waals surface area contributed by atoms with Crippen molar-refractivity contribution in [1.29, 1.82) is 0 Å². The number of carbonyl (C=O) groups excluding carboxylic acids is 1. The number of rotatable bonds is 3. The van der Waals surface area contributed by atoms with Crippen molar-refractivity contribution >= 4 is 17.3 Å². The molecule has 2 aromatic rings. The molecule has 120 valence electrons. The van der Waals surface area contributed by atoms with E-state index in [1.54, 1.807) is 19.2 Å². The van der Waals surface area contributed by atoms with Crippen LogP contribution in [0.3, 0.4) is 0 Å². The summed E-state index contributed by atoms with van der Waals surface area (Å²) in [5.41, 5.74) is 2.39. The van der Waals surface area contributed by atoms with Crippen LogP contribution in [-0.2, 0) is 0 Å². The van der Waals surface area contributed by atoms with E-state index in [-0.39, 0.29) is 5.91 Å². The van der Waals surface area contributed by atoms with Gasteiger partial charge in [-0.05, 0) is 50.1 Å². The number of aromatic nitrogens is 2. The number of nitrogens with zero attached hydrogens (tertiary/aromatic N) is 3. The first-order valence-corrected chi connectivity index (χ1v) is 8.18. The molecule has 1 aromatic heterocycles. The summed E-state index contributed by atoms with van der Waals surface area (Å²) in [6.45, 7) is 4.00. The summed E-state index contributed by atoms with van der Waals surface area (Å²) in [7, 11) is 0. The normalized spacial score (nSPS) is 15.1. The molecule has 1 fully saturated rings. The van der Waals surface area contributed by atoms with E-state index in [9.17, 15) is 4.79 Å². The first-order valence-electron chi connectivity index (χ1n) is 8.18. The molecular weight excluding hydrogens is 288 g/mol. The average molecular weight is 310 g/mol. The van der Waals surface area contributed by atoms with Crippen molar-refractivity contribution in [3.8, 4) is 0 Å². The highest BCUT2D eigenvalue weighted by molar-refractivity contribution is 6.02. The number of nitrogens with one attached hydrogen (secondary N) is 1. The Labute approximate surface area is 136 Å². The molecule has 1 aliphatic heterocycles. The van der Waals surface area contributed by atoms with E-state index < -0.39 is 0 Å². The monoisotopic (exact) mass is 310 g/mol. The van der Waals surface area contributed by atoms with Gasteiger partial charge in [0, 0.05) is 30.7 Å². The molecule has 3 rings (SSSR count). The third-order valence-corrected chi connectivity index (χ3v) is 4.11. The van der Waals surface area contributed by atoms with Gasteiger partial charge in [0.05, 0.1) is 0 Å². The van der Waals surface area contributed by atoms with Crippen LogP contribution in [-0.4, -0.2) is 29.0 Å². The Bertz CT molecular complexity index is 661. The molecule has 0 bridgehead atoms. The molecule has 1 aromatic carbocycles. The summed E-state index contributed by atoms with van der Waals surface area (Å²) < 4.78 is 0. The summed E-state index contributed by atoms with van der Waals surface area (Å²) in [4.78, 5) is 22.8. The van der Waals surface area contributed by atoms with Crippen molar-refractivity contribution < 1.29 is 4.79 Å². The summed E-state index contributed by atoms with van der Waals surface area (Å²) >= 11 is 0. The van der Waals surface area contributed by atoms with Gasteiger partial charge in [-0.15, -0.1) is 0 Å². The van der Waals surface area contributed by atoms with Gasteiger partial charge < -0.3 is 10.2 Å². The SMILES string of the molecule is Cc1nccc(C(=O)Nc2ccc(N3CCCCCC3)cc2)n1. The Morgan fingerprint density at radius 2 is 1.74 bits per heavy atom. The maximum Gasteiger partial charge on any atom is 0.274 e. The van der Waals surface area contributed by atoms with E-state index in [2.05, 4.69) is 32.3 Å². The predicted molar refractivity (Wildman–Crippen MR) is 91.8 cm³/mol. The van der Waals surface area contributed by atoms with Crippen molar-refractivity contribution in [3.05, 3.63) is 48.0 Å². The van der Waals surface area contributed by atoms with Crippen molar-refractivity contribution in [2.45, 2.75) is 32.6 Å². The van der Waals surface area contributed by atoms with Crippen LogP contribution in [0.1, 0.15) is 42.0 Å². The smallest absolute Gasteiger partial charge is 0.274 e. The van der Waals surface area contributed by atoms with Gasteiger partial charge in [0.2, 0.25) is 0 Å². The fourth-order valence-electron chi connectivity index (χ4n) is 2.86. The Hall–Kier alpha value is -2.43. The average Bonchev–Trinajstić information content (AvgIpc) is 2.85. The van der Waals surface area contributed by atoms with Crippen molar-refractivity contribution in [1.82, 2.24) is 9.97 Å². The van der Waals surface area contributed by atoms with Gasteiger partial charge in [-0.3, -0.25) is 4.79 Å². The molecule has 1 N–H and O–H groups in total. The molecule has 0 radical (unpaired) electrons. The summed E-state index contributed by atoms with van der Waals surface area (Å²) in [5, 5.41) is 2.88. The maximum absolute atomic E-state index is 12.2. The van der Waals surface area contributed by atoms with Gasteiger partial charge in [-0.1, -0.05) is 12.8 Å². The molecule has 0 atom stereocenters. The number of amides is 1. The van der Waals surface area contributed by atoms with Crippen LogP contribution in [0, 0.1) is 6.92 Å². The first kappa shape index (κ1) is 15.5. The second kappa shape index (κ2) is 7.22. The minimum atomic E-state index is -0.210. The van der Waals surface area contributed by atoms with Crippen LogP contribution in [0.4, 0.5) is 11.4 Å². The van der Waals surface area contributed by atoms with Crippen molar-refractivity contribution in [3.63, 3.8) is 0 Å². The second-order valence-corrected chi connectivity index (χ2v) is 5.89. The number of aryl methyl sites for hydroxylation is 1. The fourth-order valence-corrected chi connectivity index (χ4v) is 2.86. The third kappa shape index (κ3) is 4.06. The highest BCUT2D eigenvalue weighted by Gasteiger charge is 2.11. The molecule has 23 heavy (non-hydrogen) atoms. The van der Waals surface area contributed by atoms with Crippen LogP contribution >= 0.6 is 0 Å². The number of anilines is 2. The number of hydrogen-bond donors (Lipinski definition) is 1. The zero-order valence-electron chi connectivity index (χ0n) is 13.5. The van der Waals surface area contributed by atoms with Gasteiger partial charge in [-0.25, -0.2) is 9.97 Å². The Morgan fingerprint density at radius 3 is 2.39 bits per heavy atom. The summed E-state index contributed by atoms with van der Waals surface area (Å²) in [6.07, 6.45) is 6.75. The number of carbonyl (C=O) groups is 1. The maximum atomic E-state index is 12.2. The lowest BCUT2D eigenvalue weighted by atomic mass is 10.2. The van der Waals surface area contributed by atoms with Crippen LogP contribution in [0.25, 0.3) is 0 Å². The molecule has 1 aliphatic rings. The van der Waals surface area contributed by atoms with Crippen LogP contribution in [0.2, 0.25) is 0 Å². The van der Waals surface area contributed by atoms with Gasteiger partial charge in [0.25, 0.3) is 5.91 Å². The quantitative estimate of drug-likeness (QED) is 0.943. The van der Waals surface area contributed by atoms with Crippen molar-refractivity contribution in [2.75, 3.05) is 23.3 Å². The molecule has 5 nitrogen and oxygen atoms in total. The van der Waals surface area contributed by atoms with Gasteiger partial charge >= 0.3 is 0 Å². The molecule has 1 saturated heterocycles. The topological polar surface area (TPSA) is 58.1 Å². The van der Waals surface area contributed by atoms with Crippen LogP contribution in [0.5, 0.6) is 0 Å². The second-order valence-electron chi connectivity index (χ2n) is 5.89. The number of hydrogen-bond acceptors (Lipinski definition) is 4. The Morgan fingerprint density at radius 1 is 1.04 bits per heavy atom. The molecule has 0 spiro atoms. The fraction of sp³-hybridized carbons (Fsp3) is 0.389. The van der Waals surface area contributed by atoms with Gasteiger partial charge in [-0.2, -0.15) is 0 Å². The predicted octanol–water partition coefficient (Wildman–Crippen LogP) is 3.42. The van der Waals surface area contributed by atoms with E-state index in [0.29, 0.717) is 11.5 Å². The molecular formula is C18H22N4O. The zero-order valence-corrected chi connectivity index (χ0v) is 13.5. The Balaban J connectivity index is 1.66. The minimum absolute atomic E-state index is 0.210. The molecule has 2 heterocycles. The standard InChI is InChI=1S/C18H22N4O/c1-14-19-11-10-17(20-14)18(23)21-15-6-8-16(9-7-15)22-12-4-2-3-5-13-22/h6-11H,2-5,12-13H2,1H3,(H,21,23). The summed E-state index contributed by atoms with van der Waals surface area (Å²) in [5.74, 6) is 0.382. The van der Waals surface area contributed by atoms with E-state index in [4.69, 9.17) is 0 Å². The first-order chi connectivity index (χ1) is 11.2. The van der Waals surface area contributed by atoms with E-state index in [1.165, 1.54) is 31.4 Å². The minimum Gasteiger partial charge on any atom is -0.372 e. The molecule has 0 aliphatic carbocycles. The lowest BCUT2D eigenvalue weighted by Gasteiger charge is -2.22. The third-order valence-electron chi connectivity index (χ3n) is 4.11. The van der Waals surface area contributed by atoms with E-state index in [0.717, 1.165) is 18.8 Å². The van der Waals surface area contributed by atoms with E-state index in [1.807, 2.05) is 12.1 Å². The van der Waals surface area contributed by atoms with Crippen molar-refractivity contribution in [2.24, 2.45) is 0 Å². The lowest BCUT2D eigenvalue weighted by Crippen LogP contribution is -2.23. The zero-order chi connectivity index (χ0) is 16.1. The van der Waals surface area contributed by atoms with Gasteiger partial charge in [0.15, 0.2) is 0 Å². The van der Waals surface area contributed by atoms with E-state index >= 15 is 0 Å². The Kier molecular flexibility index (Phi) is 4.86. The molecule has 0 unspecified atom stereocenters. The lowest BCUT2D eigenvalue weighted by molar-refractivity contribution is 0.102. The highest BCUT2D eigenvalue weighted by Crippen LogP contribution is 2.21.